The van der Waals surface area contributed by atoms with Gasteiger partial charge in [0.05, 0.1) is 4.92 Å². The summed E-state index contributed by atoms with van der Waals surface area (Å²) < 4.78 is 13.1. The summed E-state index contributed by atoms with van der Waals surface area (Å²) in [4.78, 5) is 10.3. The van der Waals surface area contributed by atoms with Gasteiger partial charge < -0.3 is 5.73 Å². The molecule has 0 amide bonds. The molecule has 2 N–H and O–H groups in total. The van der Waals surface area contributed by atoms with Crippen LogP contribution < -0.4 is 5.73 Å². The molecule has 5 heteroatoms. The number of nitro groups is 1. The summed E-state index contributed by atoms with van der Waals surface area (Å²) in [5.74, 6) is -0.598. The fourth-order valence-electron chi connectivity index (χ4n) is 2.21. The maximum Gasteiger partial charge on any atom is 0.273 e. The van der Waals surface area contributed by atoms with Crippen LogP contribution in [0.5, 0.6) is 0 Å². The maximum atomic E-state index is 13.1. The van der Waals surface area contributed by atoms with Crippen molar-refractivity contribution in [3.05, 3.63) is 39.7 Å². The van der Waals surface area contributed by atoms with Gasteiger partial charge in [0.25, 0.3) is 5.69 Å². The number of benzene rings is 1. The van der Waals surface area contributed by atoms with E-state index in [9.17, 15) is 14.5 Å². The molecule has 0 saturated heterocycles. The highest BCUT2D eigenvalue weighted by Gasteiger charge is 2.58. The van der Waals surface area contributed by atoms with Crippen molar-refractivity contribution in [2.24, 2.45) is 11.1 Å². The zero-order valence-electron chi connectivity index (χ0n) is 9.11. The first-order chi connectivity index (χ1) is 7.35. The zero-order valence-corrected chi connectivity index (χ0v) is 9.11. The van der Waals surface area contributed by atoms with Gasteiger partial charge in [0.1, 0.15) is 5.82 Å². The van der Waals surface area contributed by atoms with Crippen LogP contribution in [0.1, 0.15) is 25.3 Å². The second-order valence-corrected chi connectivity index (χ2v) is 4.79. The molecule has 0 heterocycles. The third-order valence-electron chi connectivity index (χ3n) is 3.43. The lowest BCUT2D eigenvalue weighted by Crippen LogP contribution is -2.06. The van der Waals surface area contributed by atoms with Crippen LogP contribution in [-0.4, -0.2) is 11.0 Å². The quantitative estimate of drug-likeness (QED) is 0.618. The molecule has 0 bridgehead atoms. The van der Waals surface area contributed by atoms with Crippen LogP contribution >= 0.6 is 0 Å². The highest BCUT2D eigenvalue weighted by atomic mass is 19.1. The average Bonchev–Trinajstić information content (AvgIpc) is 2.65. The lowest BCUT2D eigenvalue weighted by atomic mass is 10.0. The molecule has 0 aliphatic heterocycles. The smallest absolute Gasteiger partial charge is 0.273 e. The Morgan fingerprint density at radius 1 is 1.50 bits per heavy atom. The van der Waals surface area contributed by atoms with Gasteiger partial charge in [-0.1, -0.05) is 13.8 Å². The topological polar surface area (TPSA) is 69.2 Å². The molecule has 1 fully saturated rings. The van der Waals surface area contributed by atoms with Crippen LogP contribution in [0.4, 0.5) is 10.1 Å². The van der Waals surface area contributed by atoms with E-state index >= 15 is 0 Å². The Kier molecular flexibility index (Phi) is 2.24. The van der Waals surface area contributed by atoms with Crippen molar-refractivity contribution in [3.63, 3.8) is 0 Å². The first-order valence-electron chi connectivity index (χ1n) is 5.05. The second kappa shape index (κ2) is 3.25. The number of halogens is 1. The summed E-state index contributed by atoms with van der Waals surface area (Å²) in [5, 5.41) is 10.8. The lowest BCUT2D eigenvalue weighted by molar-refractivity contribution is -0.385. The highest BCUT2D eigenvalue weighted by molar-refractivity contribution is 5.48. The predicted octanol–water partition coefficient (Wildman–Crippen LogP) is 2.18. The molecule has 1 aromatic rings. The molecular formula is C11H13FN2O2. The van der Waals surface area contributed by atoms with Crippen LogP contribution in [0.2, 0.25) is 0 Å². The minimum Gasteiger partial charge on any atom is -0.327 e. The molecule has 4 nitrogen and oxygen atoms in total. The van der Waals surface area contributed by atoms with Crippen LogP contribution in [0.3, 0.4) is 0 Å². The molecule has 1 aromatic carbocycles. The predicted molar refractivity (Wildman–Crippen MR) is 57.6 cm³/mol. The van der Waals surface area contributed by atoms with Crippen molar-refractivity contribution < 1.29 is 9.31 Å². The number of hydrogen-bond acceptors (Lipinski definition) is 3. The van der Waals surface area contributed by atoms with Crippen molar-refractivity contribution in [2.45, 2.75) is 25.8 Å². The largest absolute Gasteiger partial charge is 0.327 e. The molecule has 86 valence electrons. The average molecular weight is 224 g/mol. The van der Waals surface area contributed by atoms with Gasteiger partial charge >= 0.3 is 0 Å². The zero-order chi connectivity index (χ0) is 12.1. The van der Waals surface area contributed by atoms with Crippen LogP contribution in [0, 0.1) is 21.3 Å². The van der Waals surface area contributed by atoms with E-state index in [1.165, 1.54) is 12.1 Å². The maximum absolute atomic E-state index is 13.1. The van der Waals surface area contributed by atoms with Gasteiger partial charge in [0.2, 0.25) is 0 Å². The third kappa shape index (κ3) is 1.48. The van der Waals surface area contributed by atoms with E-state index in [0.717, 1.165) is 6.07 Å². The van der Waals surface area contributed by atoms with Gasteiger partial charge in [-0.3, -0.25) is 10.1 Å². The number of nitrogens with zero attached hydrogens (tertiary/aromatic N) is 1. The summed E-state index contributed by atoms with van der Waals surface area (Å²) in [6.45, 7) is 3.86. The molecule has 1 aliphatic rings. The fourth-order valence-corrected chi connectivity index (χ4v) is 2.21. The van der Waals surface area contributed by atoms with Gasteiger partial charge in [-0.2, -0.15) is 0 Å². The van der Waals surface area contributed by atoms with Crippen LogP contribution in [0.15, 0.2) is 18.2 Å². The van der Waals surface area contributed by atoms with Gasteiger partial charge in [-0.25, -0.2) is 4.39 Å². The number of nitrogens with two attached hydrogens (primary N) is 1. The third-order valence-corrected chi connectivity index (χ3v) is 3.43. The summed E-state index contributed by atoms with van der Waals surface area (Å²) >= 11 is 0. The lowest BCUT2D eigenvalue weighted by Gasteiger charge is -2.04. The van der Waals surface area contributed by atoms with E-state index in [2.05, 4.69) is 0 Å². The first kappa shape index (κ1) is 11.0. The summed E-state index contributed by atoms with van der Waals surface area (Å²) in [5.41, 5.74) is 6.01. The molecule has 2 rings (SSSR count). The van der Waals surface area contributed by atoms with E-state index in [1.54, 1.807) is 0 Å². The van der Waals surface area contributed by atoms with E-state index in [4.69, 9.17) is 5.73 Å². The molecular weight excluding hydrogens is 211 g/mol. The van der Waals surface area contributed by atoms with Gasteiger partial charge in [0, 0.05) is 23.6 Å². The molecule has 16 heavy (non-hydrogen) atoms. The van der Waals surface area contributed by atoms with Crippen molar-refractivity contribution >= 4 is 5.69 Å². The minimum atomic E-state index is -0.490. The first-order valence-corrected chi connectivity index (χ1v) is 5.05. The highest BCUT2D eigenvalue weighted by Crippen LogP contribution is 2.59. The van der Waals surface area contributed by atoms with Crippen LogP contribution in [0.25, 0.3) is 0 Å². The summed E-state index contributed by atoms with van der Waals surface area (Å²) in [6.07, 6.45) is 0. The Labute approximate surface area is 92.4 Å². The van der Waals surface area contributed by atoms with E-state index < -0.39 is 10.7 Å². The van der Waals surface area contributed by atoms with Gasteiger partial charge in [-0.05, 0) is 17.5 Å². The Bertz CT molecular complexity index is 459. The molecule has 0 spiro atoms. The number of nitro benzene ring substituents is 1. The van der Waals surface area contributed by atoms with Crippen molar-refractivity contribution in [1.82, 2.24) is 0 Å². The summed E-state index contributed by atoms with van der Waals surface area (Å²) in [6, 6.07) is 3.37. The monoisotopic (exact) mass is 224 g/mol. The Morgan fingerprint density at radius 2 is 2.06 bits per heavy atom. The van der Waals surface area contributed by atoms with E-state index in [1.807, 2.05) is 13.8 Å². The molecule has 2 atom stereocenters. The SMILES string of the molecule is CC1(C)[C@@H](N)[C@@H]1c1cc(F)ccc1[N+](=O)[O-]. The van der Waals surface area contributed by atoms with Gasteiger partial charge in [-0.15, -0.1) is 0 Å². The Hall–Kier alpha value is -1.49. The van der Waals surface area contributed by atoms with E-state index in [0.29, 0.717) is 5.56 Å². The Morgan fingerprint density at radius 3 is 2.50 bits per heavy atom. The number of hydrogen-bond donors (Lipinski definition) is 1. The van der Waals surface area contributed by atoms with E-state index in [-0.39, 0.29) is 23.1 Å². The number of rotatable bonds is 2. The summed E-state index contributed by atoms with van der Waals surface area (Å²) in [7, 11) is 0. The molecule has 0 radical (unpaired) electrons. The normalized spacial score (nSPS) is 26.5. The van der Waals surface area contributed by atoms with Gasteiger partial charge in [0.15, 0.2) is 0 Å². The second-order valence-electron chi connectivity index (χ2n) is 4.79. The minimum absolute atomic E-state index is 0.0487. The molecule has 0 aromatic heterocycles. The fraction of sp³-hybridized carbons (Fsp3) is 0.455. The molecule has 1 saturated carbocycles. The van der Waals surface area contributed by atoms with Crippen molar-refractivity contribution in [2.75, 3.05) is 0 Å². The molecule has 0 unspecified atom stereocenters. The molecule has 1 aliphatic carbocycles. The van der Waals surface area contributed by atoms with Crippen molar-refractivity contribution in [3.8, 4) is 0 Å². The van der Waals surface area contributed by atoms with Crippen LogP contribution in [-0.2, 0) is 0 Å². The van der Waals surface area contributed by atoms with Crippen molar-refractivity contribution in [1.29, 1.82) is 0 Å². The Balaban J connectivity index is 2.48. The standard InChI is InChI=1S/C11H13FN2O2/c1-11(2)9(10(11)13)7-5-6(12)3-4-8(7)14(15)16/h3-5,9-10H,13H2,1-2H3/t9-,10-/m0/s1.